The van der Waals surface area contributed by atoms with Crippen molar-refractivity contribution in [3.05, 3.63) is 90.0 Å². The second-order valence-corrected chi connectivity index (χ2v) is 22.5. The fraction of sp³-hybridized carbons (Fsp3) is 0.526. The fourth-order valence-corrected chi connectivity index (χ4v) is 14.1. The van der Waals surface area contributed by atoms with Gasteiger partial charge in [0.05, 0.1) is 53.2 Å². The number of aromatic nitrogens is 6. The van der Waals surface area contributed by atoms with Gasteiger partial charge in [-0.25, -0.2) is 8.78 Å². The number of carboxylic acids is 1. The van der Waals surface area contributed by atoms with Gasteiger partial charge in [0.25, 0.3) is 16.4 Å². The molecule has 300 valence electrons. The Bertz CT molecular complexity index is 1990. The number of amides is 1. The van der Waals surface area contributed by atoms with Crippen LogP contribution in [0.25, 0.3) is 0 Å². The maximum absolute atomic E-state index is 13.3. The smallest absolute Gasteiger partial charge is 0.549 e. The normalized spacial score (nSPS) is 15.2. The minimum atomic E-state index is -4.08. The first-order chi connectivity index (χ1) is 25.7. The number of carbonyl (C=O) groups excluding carboxylic acids is 2. The van der Waals surface area contributed by atoms with Crippen molar-refractivity contribution in [1.82, 2.24) is 33.8 Å². The van der Waals surface area contributed by atoms with E-state index in [0.29, 0.717) is 45.7 Å². The molecule has 0 spiro atoms. The zero-order valence-corrected chi connectivity index (χ0v) is 37.8. The van der Waals surface area contributed by atoms with Gasteiger partial charge in [0.1, 0.15) is 11.4 Å². The van der Waals surface area contributed by atoms with Crippen LogP contribution in [0.2, 0.25) is 16.6 Å². The van der Waals surface area contributed by atoms with Crippen molar-refractivity contribution in [3.63, 3.8) is 0 Å². The molecule has 4 aromatic rings. The van der Waals surface area contributed by atoms with Gasteiger partial charge in [-0.2, -0.15) is 22.7 Å². The van der Waals surface area contributed by atoms with E-state index in [2.05, 4.69) is 61.7 Å². The van der Waals surface area contributed by atoms with Crippen molar-refractivity contribution in [2.75, 3.05) is 6.61 Å². The Kier molecular flexibility index (Phi) is 15.9. The molecule has 18 heteroatoms. The Balaban J connectivity index is 0.000000313. The molecule has 0 radical (unpaired) electrons. The molecule has 0 fully saturated rings. The van der Waals surface area contributed by atoms with E-state index in [1.54, 1.807) is 48.5 Å². The van der Waals surface area contributed by atoms with Crippen molar-refractivity contribution >= 4 is 30.2 Å². The van der Waals surface area contributed by atoms with Crippen LogP contribution in [0.4, 0.5) is 8.78 Å². The van der Waals surface area contributed by atoms with E-state index in [-0.39, 0.29) is 60.1 Å². The van der Waals surface area contributed by atoms with Crippen LogP contribution >= 0.6 is 0 Å². The minimum absolute atomic E-state index is 0. The summed E-state index contributed by atoms with van der Waals surface area (Å²) in [4.78, 5) is 35.1. The summed E-state index contributed by atoms with van der Waals surface area (Å²) in [5, 5.41) is 19.7. The maximum atomic E-state index is 13.3. The third-order valence-corrected chi connectivity index (χ3v) is 18.3. The summed E-state index contributed by atoms with van der Waals surface area (Å²) in [7, 11) is -6.22. The molecular formula is C38H52F2N7NaO6SSi. The van der Waals surface area contributed by atoms with E-state index >= 15 is 0 Å². The first kappa shape index (κ1) is 47.0. The van der Waals surface area contributed by atoms with Crippen LogP contribution in [0.15, 0.2) is 72.3 Å². The Hall–Kier alpha value is -3.35. The summed E-state index contributed by atoms with van der Waals surface area (Å²) in [5.74, 6) is -1.25. The van der Waals surface area contributed by atoms with Gasteiger partial charge < -0.3 is 19.2 Å². The maximum Gasteiger partial charge on any atom is 1.00 e. The van der Waals surface area contributed by atoms with Gasteiger partial charge in [0, 0.05) is 36.9 Å². The number of hydrogen-bond donors (Lipinski definition) is 0. The van der Waals surface area contributed by atoms with Gasteiger partial charge in [-0.05, 0) is 61.2 Å². The molecule has 1 aliphatic rings. The van der Waals surface area contributed by atoms with Crippen LogP contribution in [-0.4, -0.2) is 75.5 Å². The van der Waals surface area contributed by atoms with Gasteiger partial charge in [-0.1, -0.05) is 60.6 Å². The average Bonchev–Trinajstić information content (AvgIpc) is 3.88. The number of carbonyl (C=O) groups is 2. The van der Waals surface area contributed by atoms with Gasteiger partial charge in [0.2, 0.25) is 5.91 Å². The molecule has 13 nitrogen and oxygen atoms in total. The number of hydrogen-bond acceptors (Lipinski definition) is 10. The zero-order chi connectivity index (χ0) is 40.9. The second-order valence-electron chi connectivity index (χ2n) is 15.3. The average molecular weight is 824 g/mol. The molecule has 0 saturated carbocycles. The van der Waals surface area contributed by atoms with Gasteiger partial charge in [-0.15, -0.1) is 0 Å². The number of alkyl halides is 2. The van der Waals surface area contributed by atoms with E-state index in [9.17, 15) is 31.9 Å². The van der Waals surface area contributed by atoms with Crippen LogP contribution in [0, 0.1) is 0 Å². The largest absolute Gasteiger partial charge is 1.00 e. The first-order valence-electron chi connectivity index (χ1n) is 18.3. The van der Waals surface area contributed by atoms with Gasteiger partial charge >= 0.3 is 29.6 Å². The molecule has 56 heavy (non-hydrogen) atoms. The monoisotopic (exact) mass is 823 g/mol. The molecule has 4 aromatic heterocycles. The van der Waals surface area contributed by atoms with Crippen molar-refractivity contribution < 1.29 is 65.9 Å². The third kappa shape index (κ3) is 9.67. The van der Waals surface area contributed by atoms with Gasteiger partial charge in [-0.3, -0.25) is 19.4 Å². The Labute approximate surface area is 351 Å². The standard InChI is InChI=1S/C20H22F2N6O3S.C18H31NO3Si.Na/c1-3-20(2,17-6-4-5-7-23-17)19(29)26-9-14-10-28(25-16(14)12-26)32(30,31)15-8-24-27(11-15)13-18(21)22;1-13(2)23(14(3)4,15(5)6)22-12-18(7,17(20)21)16-10-8-9-11-19-16;/h4-8,10-11,18H,3,9,12-13H2,1-2H3;8-11,13-15H,12H2,1-7H3,(H,20,21);/q;;+1/p-1. The molecular weight excluding hydrogens is 772 g/mol. The Morgan fingerprint density at radius 3 is 1.91 bits per heavy atom. The number of fused-ring (bicyclic) bond motifs is 1. The summed E-state index contributed by atoms with van der Waals surface area (Å²) in [6, 6.07) is 10.7. The van der Waals surface area contributed by atoms with Gasteiger partial charge in [0.15, 0.2) is 8.32 Å². The second kappa shape index (κ2) is 18.9. The molecule has 0 saturated heterocycles. The van der Waals surface area contributed by atoms with E-state index in [1.165, 1.54) is 6.20 Å². The zero-order valence-electron chi connectivity index (χ0n) is 33.9. The summed E-state index contributed by atoms with van der Waals surface area (Å²) in [5.41, 5.74) is 1.39. The number of aliphatic carboxylic acids is 1. The fourth-order valence-electron chi connectivity index (χ4n) is 7.40. The molecule has 0 bridgehead atoms. The van der Waals surface area contributed by atoms with E-state index in [0.717, 1.165) is 21.2 Å². The topological polar surface area (TPSA) is 165 Å². The minimum Gasteiger partial charge on any atom is -0.549 e. The predicted molar refractivity (Wildman–Crippen MR) is 203 cm³/mol. The summed E-state index contributed by atoms with van der Waals surface area (Å²) in [6.45, 7) is 18.3. The molecule has 5 heterocycles. The number of halogens is 2. The van der Waals surface area contributed by atoms with Crippen LogP contribution in [0.1, 0.15) is 91.4 Å². The van der Waals surface area contributed by atoms with Crippen molar-refractivity contribution in [2.45, 2.75) is 127 Å². The number of rotatable bonds is 15. The number of nitrogens with zero attached hydrogens (tertiary/aromatic N) is 7. The molecule has 1 amide bonds. The predicted octanol–water partition coefficient (Wildman–Crippen LogP) is 2.47. The van der Waals surface area contributed by atoms with E-state index in [4.69, 9.17) is 4.43 Å². The van der Waals surface area contributed by atoms with Crippen molar-refractivity contribution in [2.24, 2.45) is 0 Å². The van der Waals surface area contributed by atoms with Crippen molar-refractivity contribution in [1.29, 1.82) is 0 Å². The van der Waals surface area contributed by atoms with Crippen LogP contribution in [-0.2, 0) is 54.5 Å². The number of pyridine rings is 2. The van der Waals surface area contributed by atoms with E-state index < -0.39 is 48.1 Å². The van der Waals surface area contributed by atoms with Crippen molar-refractivity contribution in [3.8, 4) is 0 Å². The van der Waals surface area contributed by atoms with Crippen LogP contribution < -0.4 is 34.7 Å². The summed E-state index contributed by atoms with van der Waals surface area (Å²) < 4.78 is 58.8. The van der Waals surface area contributed by atoms with Crippen LogP contribution in [0.3, 0.4) is 0 Å². The van der Waals surface area contributed by atoms with E-state index in [1.807, 2.05) is 26.0 Å². The first-order valence-corrected chi connectivity index (χ1v) is 21.9. The third-order valence-electron chi connectivity index (χ3n) is 10.7. The molecule has 2 unspecified atom stereocenters. The molecule has 0 aliphatic carbocycles. The van der Waals surface area contributed by atoms with Crippen LogP contribution in [0.5, 0.6) is 0 Å². The molecule has 0 aromatic carbocycles. The quantitative estimate of drug-likeness (QED) is 0.163. The SMILES string of the molecule is CC(C)[Si](OCC(C)(C(=O)[O-])c1ccccn1)(C(C)C)C(C)C.CCC(C)(C(=O)N1Cc2cn(S(=O)(=O)c3cnn(CC(F)F)c3)nc2C1)c1ccccn1.[Na+]. The number of carboxylic acid groups (broad SMARTS) is 1. The molecule has 1 aliphatic heterocycles. The summed E-state index contributed by atoms with van der Waals surface area (Å²) in [6.07, 6.45) is 4.56. The molecule has 5 rings (SSSR count). The Morgan fingerprint density at radius 2 is 1.46 bits per heavy atom. The molecule has 2 atom stereocenters. The molecule has 0 N–H and O–H groups in total. The summed E-state index contributed by atoms with van der Waals surface area (Å²) >= 11 is 0. The Morgan fingerprint density at radius 1 is 0.911 bits per heavy atom.